The zero-order valence-corrected chi connectivity index (χ0v) is 18.5. The van der Waals surface area contributed by atoms with E-state index in [0.29, 0.717) is 6.61 Å². The Balaban J connectivity index is 1.50. The molecule has 0 bridgehead atoms. The van der Waals surface area contributed by atoms with Crippen molar-refractivity contribution in [2.24, 2.45) is 5.92 Å². The molecule has 1 aliphatic carbocycles. The molecule has 2 aromatic heterocycles. The molecule has 0 aliphatic heterocycles. The zero-order chi connectivity index (χ0) is 20.4. The van der Waals surface area contributed by atoms with Crippen molar-refractivity contribution >= 4 is 44.9 Å². The normalized spacial score (nSPS) is 17.0. The van der Waals surface area contributed by atoms with Gasteiger partial charge in [0.2, 0.25) is 5.91 Å². The number of ether oxygens (including phenoxy) is 1. The van der Waals surface area contributed by atoms with E-state index in [4.69, 9.17) is 4.74 Å². The van der Waals surface area contributed by atoms with Crippen LogP contribution in [0.25, 0.3) is 10.2 Å². The van der Waals surface area contributed by atoms with Gasteiger partial charge in [-0.2, -0.15) is 0 Å². The number of aryl methyl sites for hydroxylation is 1. The molecule has 0 fully saturated rings. The predicted octanol–water partition coefficient (Wildman–Crippen LogP) is 5.33. The number of aromatic nitrogens is 2. The molecule has 0 saturated heterocycles. The molecule has 2 atom stereocenters. The van der Waals surface area contributed by atoms with Crippen LogP contribution in [0.4, 0.5) is 5.69 Å². The van der Waals surface area contributed by atoms with E-state index in [1.54, 1.807) is 17.7 Å². The number of rotatable bonds is 6. The van der Waals surface area contributed by atoms with Crippen molar-refractivity contribution in [2.45, 2.75) is 50.3 Å². The monoisotopic (exact) mass is 427 g/mol. The number of carbonyl (C=O) groups is 1. The molecule has 1 aliphatic rings. The summed E-state index contributed by atoms with van der Waals surface area (Å²) >= 11 is 3.29. The lowest BCUT2D eigenvalue weighted by Gasteiger charge is -2.18. The molecule has 1 amide bonds. The van der Waals surface area contributed by atoms with Gasteiger partial charge in [0.15, 0.2) is 0 Å². The van der Waals surface area contributed by atoms with Crippen LogP contribution in [-0.4, -0.2) is 27.7 Å². The topological polar surface area (TPSA) is 64.1 Å². The van der Waals surface area contributed by atoms with Crippen molar-refractivity contribution in [3.63, 3.8) is 0 Å². The van der Waals surface area contributed by atoms with E-state index in [2.05, 4.69) is 22.2 Å². The lowest BCUT2D eigenvalue weighted by Crippen LogP contribution is -2.22. The first-order valence-corrected chi connectivity index (χ1v) is 11.7. The molecule has 3 aromatic rings. The van der Waals surface area contributed by atoms with E-state index < -0.39 is 0 Å². The highest BCUT2D eigenvalue weighted by Crippen LogP contribution is 2.41. The van der Waals surface area contributed by atoms with Crippen molar-refractivity contribution in [3.05, 3.63) is 41.0 Å². The Morgan fingerprint density at radius 3 is 2.90 bits per heavy atom. The molecular formula is C22H25N3O2S2. The molecule has 2 unspecified atom stereocenters. The summed E-state index contributed by atoms with van der Waals surface area (Å²) in [5, 5.41) is 4.79. The van der Waals surface area contributed by atoms with Gasteiger partial charge in [0.1, 0.15) is 21.9 Å². The molecule has 1 aromatic carbocycles. The summed E-state index contributed by atoms with van der Waals surface area (Å²) < 4.78 is 5.45. The molecule has 0 radical (unpaired) electrons. The Kier molecular flexibility index (Phi) is 6.06. The van der Waals surface area contributed by atoms with Gasteiger partial charge in [-0.1, -0.05) is 18.7 Å². The zero-order valence-electron chi connectivity index (χ0n) is 16.9. The van der Waals surface area contributed by atoms with Gasteiger partial charge in [0.25, 0.3) is 0 Å². The first kappa shape index (κ1) is 20.2. The van der Waals surface area contributed by atoms with Crippen LogP contribution in [0.1, 0.15) is 37.6 Å². The summed E-state index contributed by atoms with van der Waals surface area (Å²) in [7, 11) is 0. The first-order chi connectivity index (χ1) is 14.0. The number of thiophene rings is 1. The number of nitrogens with zero attached hydrogens (tertiary/aromatic N) is 2. The highest BCUT2D eigenvalue weighted by molar-refractivity contribution is 8.00. The van der Waals surface area contributed by atoms with Gasteiger partial charge in [-0.15, -0.1) is 11.3 Å². The molecular weight excluding hydrogens is 402 g/mol. The third-order valence-corrected chi connectivity index (χ3v) is 7.41. The third-order valence-electron chi connectivity index (χ3n) is 5.15. The average Bonchev–Trinajstić information content (AvgIpc) is 3.08. The molecule has 0 spiro atoms. The Labute approximate surface area is 179 Å². The minimum Gasteiger partial charge on any atom is -0.494 e. The maximum atomic E-state index is 12.7. The summed E-state index contributed by atoms with van der Waals surface area (Å²) in [5.74, 6) is 1.48. The van der Waals surface area contributed by atoms with E-state index in [9.17, 15) is 4.79 Å². The van der Waals surface area contributed by atoms with Gasteiger partial charge in [-0.3, -0.25) is 4.79 Å². The van der Waals surface area contributed by atoms with Gasteiger partial charge in [0, 0.05) is 16.0 Å². The van der Waals surface area contributed by atoms with Crippen LogP contribution in [0, 0.1) is 5.92 Å². The fourth-order valence-corrected chi connectivity index (χ4v) is 5.96. The van der Waals surface area contributed by atoms with Crippen LogP contribution in [0.3, 0.4) is 0 Å². The van der Waals surface area contributed by atoms with Crippen LogP contribution in [0.5, 0.6) is 5.75 Å². The Bertz CT molecular complexity index is 1020. The molecule has 152 valence electrons. The number of thioether (sulfide) groups is 1. The SMILES string of the molecule is CCOc1ccc(NC(=O)C(C)Sc2ncnc3sc4c(c23)CCC(C)C4)cc1. The second-order valence-electron chi connectivity index (χ2n) is 7.42. The Hall–Kier alpha value is -2.12. The smallest absolute Gasteiger partial charge is 0.237 e. The second kappa shape index (κ2) is 8.71. The fraction of sp³-hybridized carbons (Fsp3) is 0.409. The highest BCUT2D eigenvalue weighted by Gasteiger charge is 2.25. The van der Waals surface area contributed by atoms with E-state index in [1.807, 2.05) is 38.1 Å². The second-order valence-corrected chi connectivity index (χ2v) is 9.83. The molecule has 7 heteroatoms. The van der Waals surface area contributed by atoms with E-state index in [-0.39, 0.29) is 11.2 Å². The largest absolute Gasteiger partial charge is 0.494 e. The first-order valence-electron chi connectivity index (χ1n) is 10.0. The van der Waals surface area contributed by atoms with Gasteiger partial charge in [-0.05, 0) is 68.9 Å². The van der Waals surface area contributed by atoms with Crippen molar-refractivity contribution in [2.75, 3.05) is 11.9 Å². The van der Waals surface area contributed by atoms with Gasteiger partial charge in [0.05, 0.1) is 11.9 Å². The number of hydrogen-bond donors (Lipinski definition) is 1. The quantitative estimate of drug-likeness (QED) is 0.425. The maximum Gasteiger partial charge on any atom is 0.237 e. The van der Waals surface area contributed by atoms with Crippen LogP contribution in [-0.2, 0) is 17.6 Å². The number of nitrogens with one attached hydrogen (secondary N) is 1. The summed E-state index contributed by atoms with van der Waals surface area (Å²) in [6.45, 7) is 6.80. The number of fused-ring (bicyclic) bond motifs is 3. The fourth-order valence-electron chi connectivity index (χ4n) is 3.60. The van der Waals surface area contributed by atoms with Crippen LogP contribution < -0.4 is 10.1 Å². The van der Waals surface area contributed by atoms with Gasteiger partial charge < -0.3 is 10.1 Å². The van der Waals surface area contributed by atoms with E-state index in [1.165, 1.54) is 28.6 Å². The lowest BCUT2D eigenvalue weighted by molar-refractivity contribution is -0.115. The number of benzene rings is 1. The summed E-state index contributed by atoms with van der Waals surface area (Å²) in [6.07, 6.45) is 5.01. The number of amides is 1. The van der Waals surface area contributed by atoms with Crippen LogP contribution in [0.2, 0.25) is 0 Å². The summed E-state index contributed by atoms with van der Waals surface area (Å²) in [4.78, 5) is 24.2. The lowest BCUT2D eigenvalue weighted by atomic mass is 9.89. The Morgan fingerprint density at radius 1 is 1.34 bits per heavy atom. The minimum atomic E-state index is -0.266. The van der Waals surface area contributed by atoms with Gasteiger partial charge in [-0.25, -0.2) is 9.97 Å². The molecule has 0 saturated carbocycles. The van der Waals surface area contributed by atoms with Gasteiger partial charge >= 0.3 is 0 Å². The molecule has 29 heavy (non-hydrogen) atoms. The van der Waals surface area contributed by atoms with E-state index in [0.717, 1.165) is 45.4 Å². The van der Waals surface area contributed by atoms with E-state index >= 15 is 0 Å². The number of carbonyl (C=O) groups excluding carboxylic acids is 1. The highest BCUT2D eigenvalue weighted by atomic mass is 32.2. The predicted molar refractivity (Wildman–Crippen MR) is 120 cm³/mol. The number of anilines is 1. The standard InChI is InChI=1S/C22H25N3O2S2/c1-4-27-16-8-6-15(7-9-16)25-20(26)14(3)28-21-19-17-10-5-13(2)11-18(17)29-22(19)24-12-23-21/h6-9,12-14H,4-5,10-11H2,1-3H3,(H,25,26). The minimum absolute atomic E-state index is 0.0383. The average molecular weight is 428 g/mol. The maximum absolute atomic E-state index is 12.7. The van der Waals surface area contributed by atoms with Crippen molar-refractivity contribution < 1.29 is 9.53 Å². The summed E-state index contributed by atoms with van der Waals surface area (Å²) in [6, 6.07) is 7.45. The van der Waals surface area contributed by atoms with Crippen molar-refractivity contribution in [3.8, 4) is 5.75 Å². The van der Waals surface area contributed by atoms with Crippen LogP contribution in [0.15, 0.2) is 35.6 Å². The summed E-state index contributed by atoms with van der Waals surface area (Å²) in [5.41, 5.74) is 2.16. The third kappa shape index (κ3) is 4.41. The molecule has 4 rings (SSSR count). The molecule has 2 heterocycles. The van der Waals surface area contributed by atoms with Crippen LogP contribution >= 0.6 is 23.1 Å². The van der Waals surface area contributed by atoms with Crippen molar-refractivity contribution in [1.29, 1.82) is 0 Å². The Morgan fingerprint density at radius 2 is 2.14 bits per heavy atom. The molecule has 5 nitrogen and oxygen atoms in total. The molecule has 1 N–H and O–H groups in total. The van der Waals surface area contributed by atoms with Crippen molar-refractivity contribution in [1.82, 2.24) is 9.97 Å². The number of hydrogen-bond acceptors (Lipinski definition) is 6.